The molecule has 0 atom stereocenters. The number of ether oxygens (including phenoxy) is 2. The second-order valence-corrected chi connectivity index (χ2v) is 7.41. The molecule has 2 aromatic rings. The Hall–Kier alpha value is -3.62. The molecule has 0 aliphatic rings. The molecule has 0 saturated heterocycles. The van der Waals surface area contributed by atoms with Crippen molar-refractivity contribution in [3.8, 4) is 17.2 Å². The van der Waals surface area contributed by atoms with E-state index in [0.29, 0.717) is 5.75 Å². The van der Waals surface area contributed by atoms with Crippen LogP contribution in [0, 0.1) is 10.1 Å². The standard InChI is InChI=1S/C21H25N3O6/c1-5-29-18-11-16(24(27)28)10-14(20(18)26)12-22-23-19(25)13-30-17-8-6-15(7-9-17)21(2,3)4/h6-12,26H,5,13H2,1-4H3,(H,23,25)/p-1/b22-12-. The fourth-order valence-corrected chi connectivity index (χ4v) is 2.48. The first kappa shape index (κ1) is 22.7. The number of rotatable bonds is 8. The molecule has 160 valence electrons. The first-order valence-electron chi connectivity index (χ1n) is 9.29. The van der Waals surface area contributed by atoms with Crippen LogP contribution < -0.4 is 20.0 Å². The van der Waals surface area contributed by atoms with Crippen LogP contribution in [-0.4, -0.2) is 30.3 Å². The Labute approximate surface area is 174 Å². The molecule has 0 aromatic heterocycles. The molecule has 0 heterocycles. The molecule has 30 heavy (non-hydrogen) atoms. The highest BCUT2D eigenvalue weighted by Crippen LogP contribution is 2.31. The normalized spacial score (nSPS) is 11.3. The van der Waals surface area contributed by atoms with Gasteiger partial charge in [-0.25, -0.2) is 5.43 Å². The van der Waals surface area contributed by atoms with Crippen LogP contribution in [0.2, 0.25) is 0 Å². The molecule has 2 rings (SSSR count). The summed E-state index contributed by atoms with van der Waals surface area (Å²) >= 11 is 0. The van der Waals surface area contributed by atoms with Gasteiger partial charge in [-0.15, -0.1) is 0 Å². The Kier molecular flexibility index (Phi) is 7.35. The molecule has 0 aliphatic carbocycles. The Morgan fingerprint density at radius 2 is 1.87 bits per heavy atom. The van der Waals surface area contributed by atoms with Crippen LogP contribution in [0.5, 0.6) is 17.2 Å². The lowest BCUT2D eigenvalue weighted by Gasteiger charge is -2.19. The van der Waals surface area contributed by atoms with Gasteiger partial charge in [0.2, 0.25) is 0 Å². The van der Waals surface area contributed by atoms with E-state index in [1.165, 1.54) is 0 Å². The van der Waals surface area contributed by atoms with Crippen LogP contribution >= 0.6 is 0 Å². The molecule has 0 unspecified atom stereocenters. The van der Waals surface area contributed by atoms with Crippen LogP contribution in [0.4, 0.5) is 5.69 Å². The largest absolute Gasteiger partial charge is 0.870 e. The maximum absolute atomic E-state index is 12.2. The number of hydrogen-bond donors (Lipinski definition) is 1. The van der Waals surface area contributed by atoms with Crippen LogP contribution in [0.3, 0.4) is 0 Å². The Bertz CT molecular complexity index is 933. The molecule has 2 aromatic carbocycles. The van der Waals surface area contributed by atoms with Gasteiger partial charge >= 0.3 is 0 Å². The van der Waals surface area contributed by atoms with Crippen LogP contribution in [-0.2, 0) is 10.2 Å². The molecule has 1 amide bonds. The van der Waals surface area contributed by atoms with Gasteiger partial charge in [0.05, 0.1) is 23.8 Å². The van der Waals surface area contributed by atoms with Crippen LogP contribution in [0.1, 0.15) is 38.8 Å². The molecular formula is C21H24N3O6-. The van der Waals surface area contributed by atoms with Crippen molar-refractivity contribution in [2.24, 2.45) is 5.10 Å². The number of nitrogens with one attached hydrogen (secondary N) is 1. The van der Waals surface area contributed by atoms with Gasteiger partial charge in [-0.05, 0) is 35.6 Å². The van der Waals surface area contributed by atoms with E-state index in [1.807, 2.05) is 12.1 Å². The summed E-state index contributed by atoms with van der Waals surface area (Å²) in [6, 6.07) is 9.53. The monoisotopic (exact) mass is 414 g/mol. The van der Waals surface area contributed by atoms with Crippen molar-refractivity contribution >= 4 is 17.8 Å². The SMILES string of the molecule is CCOc1cc([N+](=O)[O-])cc(/C=N\NC(=O)COc2ccc(C(C)(C)C)cc2)c1[O-]. The molecule has 9 nitrogen and oxygen atoms in total. The van der Waals surface area contributed by atoms with E-state index >= 15 is 0 Å². The Morgan fingerprint density at radius 3 is 2.43 bits per heavy atom. The van der Waals surface area contributed by atoms with Gasteiger partial charge in [-0.1, -0.05) is 38.7 Å². The van der Waals surface area contributed by atoms with Gasteiger partial charge in [0.25, 0.3) is 11.6 Å². The summed E-state index contributed by atoms with van der Waals surface area (Å²) in [5.41, 5.74) is 2.98. The van der Waals surface area contributed by atoms with Crippen molar-refractivity contribution in [3.05, 3.63) is 57.6 Å². The number of carbonyl (C=O) groups is 1. The number of carbonyl (C=O) groups excluding carboxylic acids is 1. The first-order valence-corrected chi connectivity index (χ1v) is 9.29. The summed E-state index contributed by atoms with van der Waals surface area (Å²) in [6.45, 7) is 7.84. The highest BCUT2D eigenvalue weighted by molar-refractivity contribution is 5.87. The number of nitro benzene ring substituents is 1. The van der Waals surface area contributed by atoms with Crippen LogP contribution in [0.15, 0.2) is 41.5 Å². The van der Waals surface area contributed by atoms with Gasteiger partial charge in [0.1, 0.15) is 11.5 Å². The molecule has 0 saturated carbocycles. The van der Waals surface area contributed by atoms with Gasteiger partial charge in [-0.2, -0.15) is 5.10 Å². The summed E-state index contributed by atoms with van der Waals surface area (Å²) < 4.78 is 10.5. The summed E-state index contributed by atoms with van der Waals surface area (Å²) in [5.74, 6) is -0.727. The molecule has 0 aliphatic heterocycles. The van der Waals surface area contributed by atoms with E-state index in [4.69, 9.17) is 9.47 Å². The summed E-state index contributed by atoms with van der Waals surface area (Å²) in [7, 11) is 0. The van der Waals surface area contributed by atoms with Gasteiger partial charge in [0.15, 0.2) is 6.61 Å². The molecule has 0 fully saturated rings. The zero-order valence-electron chi connectivity index (χ0n) is 17.3. The highest BCUT2D eigenvalue weighted by atomic mass is 16.6. The second kappa shape index (κ2) is 9.73. The molecule has 0 radical (unpaired) electrons. The number of nitro groups is 1. The van der Waals surface area contributed by atoms with Crippen molar-refractivity contribution < 1.29 is 24.3 Å². The quantitative estimate of drug-likeness (QED) is 0.402. The third-order valence-corrected chi connectivity index (χ3v) is 4.06. The maximum Gasteiger partial charge on any atom is 0.277 e. The zero-order chi connectivity index (χ0) is 22.3. The first-order chi connectivity index (χ1) is 14.1. The van der Waals surface area contributed by atoms with Crippen molar-refractivity contribution in [2.75, 3.05) is 13.2 Å². The fraction of sp³-hybridized carbons (Fsp3) is 0.333. The number of amides is 1. The maximum atomic E-state index is 12.2. The lowest BCUT2D eigenvalue weighted by Crippen LogP contribution is -2.24. The third kappa shape index (κ3) is 6.20. The predicted octanol–water partition coefficient (Wildman–Crippen LogP) is 2.89. The van der Waals surface area contributed by atoms with E-state index in [0.717, 1.165) is 23.9 Å². The molecule has 9 heteroatoms. The van der Waals surface area contributed by atoms with Gasteiger partial charge in [-0.3, -0.25) is 14.9 Å². The molecule has 1 N–H and O–H groups in total. The smallest absolute Gasteiger partial charge is 0.277 e. The van der Waals surface area contributed by atoms with Crippen molar-refractivity contribution in [1.29, 1.82) is 0 Å². The van der Waals surface area contributed by atoms with Crippen molar-refractivity contribution in [3.63, 3.8) is 0 Å². The van der Waals surface area contributed by atoms with Crippen molar-refractivity contribution in [2.45, 2.75) is 33.1 Å². The molecule has 0 spiro atoms. The van der Waals surface area contributed by atoms with Gasteiger partial charge in [0, 0.05) is 6.07 Å². The minimum Gasteiger partial charge on any atom is -0.870 e. The van der Waals surface area contributed by atoms with Crippen molar-refractivity contribution in [1.82, 2.24) is 5.43 Å². The zero-order valence-corrected chi connectivity index (χ0v) is 17.3. The molecule has 0 bridgehead atoms. The average molecular weight is 414 g/mol. The number of hydrazone groups is 1. The summed E-state index contributed by atoms with van der Waals surface area (Å²) in [6.07, 6.45) is 1.04. The number of benzene rings is 2. The number of nitrogens with zero attached hydrogens (tertiary/aromatic N) is 2. The lowest BCUT2D eigenvalue weighted by molar-refractivity contribution is -0.385. The number of hydrogen-bond acceptors (Lipinski definition) is 7. The van der Waals surface area contributed by atoms with Crippen LogP contribution in [0.25, 0.3) is 0 Å². The Balaban J connectivity index is 1.98. The van der Waals surface area contributed by atoms with E-state index in [2.05, 4.69) is 31.3 Å². The van der Waals surface area contributed by atoms with E-state index in [1.54, 1.807) is 19.1 Å². The van der Waals surface area contributed by atoms with E-state index < -0.39 is 16.6 Å². The lowest BCUT2D eigenvalue weighted by atomic mass is 9.87. The predicted molar refractivity (Wildman–Crippen MR) is 110 cm³/mol. The topological polar surface area (TPSA) is 126 Å². The van der Waals surface area contributed by atoms with E-state index in [-0.39, 0.29) is 35.6 Å². The van der Waals surface area contributed by atoms with E-state index in [9.17, 15) is 20.0 Å². The van der Waals surface area contributed by atoms with Gasteiger partial charge < -0.3 is 14.6 Å². The minimum atomic E-state index is -0.642. The number of non-ortho nitro benzene ring substituents is 1. The molecular weight excluding hydrogens is 390 g/mol. The Morgan fingerprint density at radius 1 is 1.20 bits per heavy atom. The summed E-state index contributed by atoms with van der Waals surface area (Å²) in [4.78, 5) is 22.3. The summed E-state index contributed by atoms with van der Waals surface area (Å²) in [5, 5.41) is 26.9. The highest BCUT2D eigenvalue weighted by Gasteiger charge is 2.14. The fourth-order valence-electron chi connectivity index (χ4n) is 2.48. The average Bonchev–Trinajstić information content (AvgIpc) is 2.68. The minimum absolute atomic E-state index is 0.0135. The third-order valence-electron chi connectivity index (χ3n) is 4.06. The second-order valence-electron chi connectivity index (χ2n) is 7.41.